The number of rotatable bonds is 17. The second kappa shape index (κ2) is 26.9. The topological polar surface area (TPSA) is 49.4 Å². The fraction of sp³-hybridized carbons (Fsp3) is 0.632. The first kappa shape index (κ1) is 67.4. The van der Waals surface area contributed by atoms with Gasteiger partial charge < -0.3 is 0 Å². The molecule has 2 saturated heterocycles. The van der Waals surface area contributed by atoms with Crippen LogP contribution in [0.2, 0.25) is 0 Å². The van der Waals surface area contributed by atoms with Crippen LogP contribution in [0.1, 0.15) is 317 Å². The fourth-order valence-electron chi connectivity index (χ4n) is 12.8. The molecule has 6 heteroatoms. The maximum atomic E-state index is 5.90. The zero-order valence-electron chi connectivity index (χ0n) is 57.0. The Balaban J connectivity index is 1.44. The summed E-state index contributed by atoms with van der Waals surface area (Å²) in [5, 5.41) is 1.15. The third kappa shape index (κ3) is 16.2. The molecule has 2 heterocycles. The van der Waals surface area contributed by atoms with Crippen LogP contribution in [-0.4, -0.2) is 43.8 Å². The first-order valence-corrected chi connectivity index (χ1v) is 33.9. The van der Waals surface area contributed by atoms with E-state index in [2.05, 4.69) is 271 Å². The monoisotopic (exact) mass is 1150 g/mol. The molecule has 4 nitrogen and oxygen atoms in total. The Kier molecular flexibility index (Phi) is 22.1. The maximum absolute atomic E-state index is 5.90. The molecule has 6 rings (SSSR count). The van der Waals surface area contributed by atoms with Crippen molar-refractivity contribution < 1.29 is 0 Å². The van der Waals surface area contributed by atoms with E-state index in [9.17, 15) is 0 Å². The van der Waals surface area contributed by atoms with Crippen molar-refractivity contribution in [3.8, 4) is 0 Å². The molecule has 0 aliphatic carbocycles. The van der Waals surface area contributed by atoms with Crippen LogP contribution in [0, 0.1) is 5.92 Å². The van der Waals surface area contributed by atoms with E-state index in [0.29, 0.717) is 51.9 Å². The van der Waals surface area contributed by atoms with Gasteiger partial charge in [-0.15, -0.1) is 23.5 Å². The quantitative estimate of drug-likeness (QED) is 0.0990. The Hall–Kier alpha value is -3.74. The van der Waals surface area contributed by atoms with Gasteiger partial charge in [-0.25, -0.2) is 0 Å². The van der Waals surface area contributed by atoms with E-state index in [1.165, 1.54) is 108 Å². The van der Waals surface area contributed by atoms with Crippen LogP contribution >= 0.6 is 23.5 Å². The highest BCUT2D eigenvalue weighted by Gasteiger charge is 2.39. The molecule has 0 aromatic heterocycles. The number of aliphatic imine (C=N–C) groups is 4. The Morgan fingerprint density at radius 3 is 0.988 bits per heavy atom. The van der Waals surface area contributed by atoms with Gasteiger partial charge in [0.15, 0.2) is 0 Å². The molecule has 2 fully saturated rings. The summed E-state index contributed by atoms with van der Waals surface area (Å²) in [6.45, 7) is 63.4. The van der Waals surface area contributed by atoms with E-state index < -0.39 is 0 Å². The smallest absolute Gasteiger partial charge is 0.0704 e. The number of hydrogen-bond acceptors (Lipinski definition) is 6. The number of nitrogens with zero attached hydrogens (tertiary/aromatic N) is 4. The van der Waals surface area contributed by atoms with Crippen LogP contribution in [0.5, 0.6) is 0 Å². The maximum Gasteiger partial charge on any atom is 0.0704 e. The van der Waals surface area contributed by atoms with E-state index >= 15 is 0 Å². The summed E-state index contributed by atoms with van der Waals surface area (Å²) in [5.41, 5.74) is 23.1. The number of benzene rings is 4. The molecule has 82 heavy (non-hydrogen) atoms. The highest BCUT2D eigenvalue weighted by molar-refractivity contribution is 8.02. The van der Waals surface area contributed by atoms with Gasteiger partial charge in [0.2, 0.25) is 0 Å². The van der Waals surface area contributed by atoms with Crippen molar-refractivity contribution in [2.24, 2.45) is 25.9 Å². The first-order valence-electron chi connectivity index (χ1n) is 32.1. The SMILES string of the molecule is C/C(=N\c1c(C(C)C)cc(C(C)C)cc1C(C)C)C1CC(CC(C)(C)c2cccc(C(C)(C)C)c2/N=C(\C)C2CCCC(/C(C)=N/c3c(C(C)(C)C)cccc3C(C)(C)C)S2)CC(/C(C)=N/c2c(C(C)C)cc(C(C)C)cc2C(C)C)S1. The van der Waals surface area contributed by atoms with Gasteiger partial charge in [-0.05, 0) is 179 Å². The molecule has 2 aliphatic heterocycles. The van der Waals surface area contributed by atoms with Crippen LogP contribution in [0.4, 0.5) is 22.7 Å². The number of hydrogen-bond donors (Lipinski definition) is 0. The summed E-state index contributed by atoms with van der Waals surface area (Å²) in [7, 11) is 0. The molecule has 4 aromatic rings. The molecule has 450 valence electrons. The summed E-state index contributed by atoms with van der Waals surface area (Å²) < 4.78 is 0. The minimum atomic E-state index is -0.167. The van der Waals surface area contributed by atoms with Crippen LogP contribution in [-0.2, 0) is 21.7 Å². The second-order valence-corrected chi connectivity index (χ2v) is 33.6. The normalized spacial score (nSPS) is 20.7. The summed E-state index contributed by atoms with van der Waals surface area (Å²) in [6.07, 6.45) is 6.66. The van der Waals surface area contributed by atoms with Gasteiger partial charge in [0.05, 0.1) is 22.7 Å². The highest BCUT2D eigenvalue weighted by atomic mass is 32.2. The zero-order chi connectivity index (χ0) is 61.3. The number of para-hydroxylation sites is 2. The Labute approximate surface area is 511 Å². The zero-order valence-corrected chi connectivity index (χ0v) is 58.6. The van der Waals surface area contributed by atoms with E-state index in [0.717, 1.165) is 32.1 Å². The summed E-state index contributed by atoms with van der Waals surface area (Å²) in [6, 6.07) is 23.8. The second-order valence-electron chi connectivity index (χ2n) is 30.8. The first-order chi connectivity index (χ1) is 37.9. The Morgan fingerprint density at radius 2 is 0.683 bits per heavy atom. The van der Waals surface area contributed by atoms with E-state index in [1.807, 2.05) is 0 Å². The van der Waals surface area contributed by atoms with Gasteiger partial charge in [-0.1, -0.05) is 226 Å². The lowest BCUT2D eigenvalue weighted by atomic mass is 9.71. The van der Waals surface area contributed by atoms with E-state index in [4.69, 9.17) is 20.0 Å². The van der Waals surface area contributed by atoms with Gasteiger partial charge in [0.1, 0.15) is 0 Å². The lowest BCUT2D eigenvalue weighted by Crippen LogP contribution is -2.35. The Morgan fingerprint density at radius 1 is 0.402 bits per heavy atom. The standard InChI is InChI=1S/C76H114N4S2/c1-44(2)55-39-57(46(5)6)69(58(40-55)47(7)8)77-52(15)67-37-54(38-68(82-67)53(16)78-70-59(48(9)10)41-56(45(3)4)42-60(70)49(11)12)43-76(26,27)64-34-29-33-63(75(23,24)25)72(64)80-51(14)66-36-30-35-65(81-66)50(13)79-71-61(73(17,18)19)31-28-32-62(71)74(20,21)22/h28-29,31-34,39-42,44-49,54,65-68H,30,35-38,43H2,1-27H3/b77-52+,78-53+,79-50+,80-51+. The lowest BCUT2D eigenvalue weighted by molar-refractivity contribution is 0.330. The van der Waals surface area contributed by atoms with Crippen LogP contribution in [0.25, 0.3) is 0 Å². The van der Waals surface area contributed by atoms with Crippen LogP contribution in [0.15, 0.2) is 80.6 Å². The molecule has 0 N–H and O–H groups in total. The third-order valence-electron chi connectivity index (χ3n) is 17.9. The molecule has 2 aliphatic rings. The molecular weight excluding hydrogens is 1030 g/mol. The molecule has 0 saturated carbocycles. The van der Waals surface area contributed by atoms with Crippen molar-refractivity contribution in [2.75, 3.05) is 0 Å². The number of thioether (sulfide) groups is 2. The predicted molar refractivity (Wildman–Crippen MR) is 372 cm³/mol. The van der Waals surface area contributed by atoms with E-state index in [-0.39, 0.29) is 32.2 Å². The molecule has 0 spiro atoms. The van der Waals surface area contributed by atoms with E-state index in [1.54, 1.807) is 0 Å². The minimum Gasteiger partial charge on any atom is -0.256 e. The van der Waals surface area contributed by atoms with Gasteiger partial charge >= 0.3 is 0 Å². The fourth-order valence-corrected chi connectivity index (χ4v) is 15.9. The highest BCUT2D eigenvalue weighted by Crippen LogP contribution is 2.50. The summed E-state index contributed by atoms with van der Waals surface area (Å²) in [5.74, 6) is 2.83. The molecule has 0 bridgehead atoms. The summed E-state index contributed by atoms with van der Waals surface area (Å²) in [4.78, 5) is 23.1. The van der Waals surface area contributed by atoms with Crippen LogP contribution in [0.3, 0.4) is 0 Å². The average Bonchev–Trinajstić information content (AvgIpc) is 3.58. The molecule has 4 unspecified atom stereocenters. The molecule has 0 radical (unpaired) electrons. The Bertz CT molecular complexity index is 2800. The van der Waals surface area contributed by atoms with Crippen molar-refractivity contribution in [3.05, 3.63) is 116 Å². The molecular formula is C76H114N4S2. The van der Waals surface area contributed by atoms with Crippen LogP contribution < -0.4 is 0 Å². The van der Waals surface area contributed by atoms with Gasteiger partial charge in [-0.2, -0.15) is 0 Å². The average molecular weight is 1150 g/mol. The predicted octanol–water partition coefficient (Wildman–Crippen LogP) is 24.0. The third-order valence-corrected chi connectivity index (χ3v) is 21.5. The van der Waals surface area contributed by atoms with Gasteiger partial charge in [-0.3, -0.25) is 20.0 Å². The van der Waals surface area contributed by atoms with Crippen molar-refractivity contribution in [1.29, 1.82) is 0 Å². The molecule has 0 amide bonds. The van der Waals surface area contributed by atoms with Crippen molar-refractivity contribution in [3.63, 3.8) is 0 Å². The van der Waals surface area contributed by atoms with Crippen molar-refractivity contribution in [1.82, 2.24) is 0 Å². The molecule has 4 aromatic carbocycles. The largest absolute Gasteiger partial charge is 0.256 e. The van der Waals surface area contributed by atoms with Gasteiger partial charge in [0, 0.05) is 43.8 Å². The summed E-state index contributed by atoms with van der Waals surface area (Å²) >= 11 is 4.23. The van der Waals surface area contributed by atoms with Gasteiger partial charge in [0.25, 0.3) is 0 Å². The minimum absolute atomic E-state index is 0.0106. The lowest BCUT2D eigenvalue weighted by Gasteiger charge is -2.40. The van der Waals surface area contributed by atoms with Crippen molar-refractivity contribution >= 4 is 69.1 Å². The molecule has 4 atom stereocenters. The van der Waals surface area contributed by atoms with Crippen molar-refractivity contribution in [2.45, 2.75) is 304 Å².